The van der Waals surface area contributed by atoms with Crippen LogP contribution in [-0.4, -0.2) is 62.2 Å². The number of phosphoric acid groups is 1. The van der Waals surface area contributed by atoms with Gasteiger partial charge in [-0.2, -0.15) is 0 Å². The van der Waals surface area contributed by atoms with Gasteiger partial charge in [-0.15, -0.1) is 10.1 Å². The van der Waals surface area contributed by atoms with Crippen molar-refractivity contribution in [1.29, 1.82) is 0 Å². The van der Waals surface area contributed by atoms with Crippen molar-refractivity contribution in [3.63, 3.8) is 0 Å². The van der Waals surface area contributed by atoms with Crippen molar-refractivity contribution in [3.05, 3.63) is 52.1 Å². The maximum atomic E-state index is 12.6. The summed E-state index contributed by atoms with van der Waals surface area (Å²) in [6, 6.07) is 11.6. The first-order valence-electron chi connectivity index (χ1n) is 12.7. The number of fused-ring (bicyclic) bond motifs is 1. The molecule has 11 nitrogen and oxygen atoms in total. The summed E-state index contributed by atoms with van der Waals surface area (Å²) in [5, 5.41) is 11.3. The second-order valence-electron chi connectivity index (χ2n) is 8.03. The summed E-state index contributed by atoms with van der Waals surface area (Å²) in [5.41, 5.74) is 0.855. The second kappa shape index (κ2) is 18.4. The quantitative estimate of drug-likeness (QED) is 0.0387. The van der Waals surface area contributed by atoms with E-state index in [1.807, 2.05) is 43.3 Å². The Morgan fingerprint density at radius 3 is 2.26 bits per heavy atom. The van der Waals surface area contributed by atoms with Crippen LogP contribution in [0, 0.1) is 10.1 Å². The lowest BCUT2D eigenvalue weighted by molar-refractivity contribution is -0.756. The van der Waals surface area contributed by atoms with Gasteiger partial charge < -0.3 is 14.3 Å². The maximum Gasteiger partial charge on any atom is 0.474 e. The fourth-order valence-electron chi connectivity index (χ4n) is 3.30. The molecular weight excluding hydrogens is 569 g/mol. The van der Waals surface area contributed by atoms with Gasteiger partial charge in [0.25, 0.3) is 5.09 Å². The van der Waals surface area contributed by atoms with Gasteiger partial charge in [0.15, 0.2) is 0 Å². The summed E-state index contributed by atoms with van der Waals surface area (Å²) < 4.78 is 38.9. The van der Waals surface area contributed by atoms with E-state index in [9.17, 15) is 19.5 Å². The minimum Gasteiger partial charge on any atom is -0.493 e. The van der Waals surface area contributed by atoms with E-state index in [1.54, 1.807) is 24.6 Å². The summed E-state index contributed by atoms with van der Waals surface area (Å²) in [5.74, 6) is 1.26. The molecule has 14 heteroatoms. The van der Waals surface area contributed by atoms with Gasteiger partial charge in [0.1, 0.15) is 12.4 Å². The smallest absolute Gasteiger partial charge is 0.474 e. The van der Waals surface area contributed by atoms with Crippen LogP contribution < -0.4 is 4.74 Å². The first-order chi connectivity index (χ1) is 18.8. The van der Waals surface area contributed by atoms with Crippen molar-refractivity contribution < 1.29 is 42.3 Å². The van der Waals surface area contributed by atoms with E-state index in [-0.39, 0.29) is 39.0 Å². The summed E-state index contributed by atoms with van der Waals surface area (Å²) >= 11 is 0. The highest BCUT2D eigenvalue weighted by Gasteiger charge is 2.24. The molecule has 0 amide bonds. The van der Waals surface area contributed by atoms with Crippen LogP contribution in [-0.2, 0) is 32.5 Å². The lowest BCUT2D eigenvalue weighted by atomic mass is 9.98. The van der Waals surface area contributed by atoms with E-state index in [1.165, 1.54) is 10.8 Å². The lowest BCUT2D eigenvalue weighted by Gasteiger charge is -2.16. The predicted octanol–water partition coefficient (Wildman–Crippen LogP) is 6.43. The Morgan fingerprint density at radius 1 is 0.923 bits per heavy atom. The minimum absolute atomic E-state index is 0.0691. The molecule has 0 saturated carbocycles. The molecule has 0 N–H and O–H groups in total. The van der Waals surface area contributed by atoms with E-state index in [0.717, 1.165) is 27.8 Å². The number of nitrogens with zero attached hydrogens (tertiary/aromatic N) is 1. The lowest BCUT2D eigenvalue weighted by Crippen LogP contribution is -2.14. The van der Waals surface area contributed by atoms with Gasteiger partial charge in [0, 0.05) is 11.5 Å². The molecule has 0 aliphatic heterocycles. The molecule has 0 spiro atoms. The SMILES string of the molecule is CCOP(=O)(OCC)OCCCCOC(=O)C(C)c1ccc2cc(OCCSSCCO[N+](=O)[O-])ccc2c1. The number of hydrogen-bond acceptors (Lipinski definition) is 12. The average molecular weight is 606 g/mol. The maximum absolute atomic E-state index is 12.6. The Bertz CT molecular complexity index is 1080. The van der Waals surface area contributed by atoms with Crippen molar-refractivity contribution in [2.75, 3.05) is 51.1 Å². The van der Waals surface area contributed by atoms with Crippen LogP contribution in [0.5, 0.6) is 5.75 Å². The predicted molar refractivity (Wildman–Crippen MR) is 153 cm³/mol. The minimum atomic E-state index is -3.52. The van der Waals surface area contributed by atoms with Crippen LogP contribution in [0.25, 0.3) is 10.8 Å². The van der Waals surface area contributed by atoms with Crippen LogP contribution in [0.2, 0.25) is 0 Å². The molecule has 0 aliphatic carbocycles. The van der Waals surface area contributed by atoms with E-state index >= 15 is 0 Å². The van der Waals surface area contributed by atoms with Gasteiger partial charge in [-0.1, -0.05) is 45.9 Å². The van der Waals surface area contributed by atoms with Crippen LogP contribution in [0.15, 0.2) is 36.4 Å². The topological polar surface area (TPSA) is 133 Å². The normalized spacial score (nSPS) is 12.3. The van der Waals surface area contributed by atoms with Gasteiger partial charge in [-0.05, 0) is 62.1 Å². The average Bonchev–Trinajstić information content (AvgIpc) is 2.91. The third kappa shape index (κ3) is 12.8. The van der Waals surface area contributed by atoms with E-state index in [0.29, 0.717) is 25.2 Å². The summed E-state index contributed by atoms with van der Waals surface area (Å²) in [6.07, 6.45) is 1.10. The molecule has 2 rings (SSSR count). The third-order valence-electron chi connectivity index (χ3n) is 5.18. The molecule has 2 aromatic rings. The third-order valence-corrected chi connectivity index (χ3v) is 9.16. The fraction of sp³-hybridized carbons (Fsp3) is 0.560. The van der Waals surface area contributed by atoms with Crippen molar-refractivity contribution in [2.24, 2.45) is 0 Å². The number of rotatable bonds is 21. The molecule has 1 atom stereocenters. The van der Waals surface area contributed by atoms with Crippen molar-refractivity contribution >= 4 is 46.2 Å². The Kier molecular flexibility index (Phi) is 15.6. The largest absolute Gasteiger partial charge is 0.493 e. The molecule has 0 radical (unpaired) electrons. The molecule has 0 aromatic heterocycles. The molecule has 1 unspecified atom stereocenters. The standard InChI is InChI=1S/C25H36NO10PS2/c1-4-34-37(30,35-5-2)36-13-7-6-12-32-25(27)20(3)21-8-9-23-19-24(11-10-22(23)18-21)31-14-16-38-39-17-15-33-26(28)29/h8-11,18-20H,4-7,12-17H2,1-3H3. The molecule has 218 valence electrons. The van der Waals surface area contributed by atoms with E-state index in [4.69, 9.17) is 23.0 Å². The monoisotopic (exact) mass is 605 g/mol. The number of hydrogen-bond donors (Lipinski definition) is 0. The Morgan fingerprint density at radius 2 is 1.56 bits per heavy atom. The zero-order valence-corrected chi connectivity index (χ0v) is 24.9. The Labute approximate surface area is 236 Å². The molecule has 39 heavy (non-hydrogen) atoms. The van der Waals surface area contributed by atoms with Crippen LogP contribution in [0.4, 0.5) is 0 Å². The van der Waals surface area contributed by atoms with Gasteiger partial charge >= 0.3 is 13.8 Å². The molecular formula is C25H36NO10PS2. The number of carbonyl (C=O) groups is 1. The van der Waals surface area contributed by atoms with Crippen LogP contribution in [0.1, 0.15) is 45.1 Å². The van der Waals surface area contributed by atoms with Crippen molar-refractivity contribution in [2.45, 2.75) is 39.5 Å². The van der Waals surface area contributed by atoms with Gasteiger partial charge in [0.2, 0.25) is 0 Å². The fourth-order valence-corrected chi connectivity index (χ4v) is 6.15. The molecule has 0 saturated heterocycles. The first-order valence-corrected chi connectivity index (χ1v) is 16.6. The molecule has 0 bridgehead atoms. The number of phosphoric ester groups is 1. The first kappa shape index (κ1) is 33.2. The highest BCUT2D eigenvalue weighted by molar-refractivity contribution is 8.76. The highest BCUT2D eigenvalue weighted by Crippen LogP contribution is 2.49. The van der Waals surface area contributed by atoms with Crippen LogP contribution in [0.3, 0.4) is 0 Å². The summed E-state index contributed by atoms with van der Waals surface area (Å²) in [6.45, 7) is 6.68. The molecule has 0 fully saturated rings. The van der Waals surface area contributed by atoms with Crippen LogP contribution >= 0.6 is 29.4 Å². The van der Waals surface area contributed by atoms with E-state index in [2.05, 4.69) is 4.84 Å². The number of unbranched alkanes of at least 4 members (excludes halogenated alkanes) is 1. The van der Waals surface area contributed by atoms with Crippen molar-refractivity contribution in [1.82, 2.24) is 0 Å². The second-order valence-corrected chi connectivity index (χ2v) is 12.4. The van der Waals surface area contributed by atoms with Gasteiger partial charge in [-0.25, -0.2) is 4.57 Å². The summed E-state index contributed by atoms with van der Waals surface area (Å²) in [4.78, 5) is 26.9. The number of benzene rings is 2. The summed E-state index contributed by atoms with van der Waals surface area (Å²) in [7, 11) is -0.457. The zero-order chi connectivity index (χ0) is 28.5. The number of carbonyl (C=O) groups excluding carboxylic acids is 1. The Hall–Kier alpha value is -2.02. The zero-order valence-electron chi connectivity index (χ0n) is 22.4. The van der Waals surface area contributed by atoms with Gasteiger partial charge in [0.05, 0.1) is 39.0 Å². The highest BCUT2D eigenvalue weighted by atomic mass is 33.1. The number of esters is 1. The van der Waals surface area contributed by atoms with Crippen molar-refractivity contribution in [3.8, 4) is 5.75 Å². The molecule has 0 aliphatic rings. The van der Waals surface area contributed by atoms with Gasteiger partial charge in [-0.3, -0.25) is 18.4 Å². The molecule has 0 heterocycles. The Balaban J connectivity index is 1.72. The number of ether oxygens (including phenoxy) is 2. The molecule has 2 aromatic carbocycles. The van der Waals surface area contributed by atoms with E-state index < -0.39 is 18.8 Å².